The van der Waals surface area contributed by atoms with E-state index in [1.165, 1.54) is 4.88 Å². The summed E-state index contributed by atoms with van der Waals surface area (Å²) in [5.41, 5.74) is 5.19. The van der Waals surface area contributed by atoms with E-state index in [1.54, 1.807) is 17.7 Å². The number of fused-ring (bicyclic) bond motifs is 1. The number of thiophene rings is 1. The quantitative estimate of drug-likeness (QED) is 0.656. The van der Waals surface area contributed by atoms with Crippen LogP contribution >= 0.6 is 11.3 Å². The molecule has 0 aromatic carbocycles. The van der Waals surface area contributed by atoms with Gasteiger partial charge in [0.2, 0.25) is 11.8 Å². The molecule has 7 heteroatoms. The predicted molar refractivity (Wildman–Crippen MR) is 105 cm³/mol. The molecule has 1 aliphatic rings. The largest absolute Gasteiger partial charge is 0.474 e. The standard InChI is InChI=1S/C19H28N4O2S/c1-2-21-13-7-9-14(10-8-13)25-18-16-11-15(5-3-4-6-17(20)24)26-19(16)23-12-22-18/h11-14,21H,2-10H2,1H3,(H2,20,24). The van der Waals surface area contributed by atoms with E-state index in [2.05, 4.69) is 28.3 Å². The summed E-state index contributed by atoms with van der Waals surface area (Å²) < 4.78 is 6.23. The average Bonchev–Trinajstić information content (AvgIpc) is 3.05. The molecular weight excluding hydrogens is 348 g/mol. The number of nitrogens with zero attached hydrogens (tertiary/aromatic N) is 2. The van der Waals surface area contributed by atoms with Crippen LogP contribution < -0.4 is 15.8 Å². The second-order valence-electron chi connectivity index (χ2n) is 6.93. The zero-order valence-corrected chi connectivity index (χ0v) is 16.2. The maximum absolute atomic E-state index is 10.8. The number of carbonyl (C=O) groups is 1. The molecule has 0 atom stereocenters. The first-order valence-corrected chi connectivity index (χ1v) is 10.4. The number of primary amides is 1. The van der Waals surface area contributed by atoms with Gasteiger partial charge in [-0.05, 0) is 57.6 Å². The second-order valence-corrected chi connectivity index (χ2v) is 8.05. The van der Waals surface area contributed by atoms with Gasteiger partial charge < -0.3 is 15.8 Å². The summed E-state index contributed by atoms with van der Waals surface area (Å²) >= 11 is 1.68. The smallest absolute Gasteiger partial charge is 0.225 e. The van der Waals surface area contributed by atoms with Crippen molar-refractivity contribution in [2.75, 3.05) is 6.54 Å². The monoisotopic (exact) mass is 376 g/mol. The van der Waals surface area contributed by atoms with Gasteiger partial charge in [0.1, 0.15) is 17.3 Å². The van der Waals surface area contributed by atoms with Crippen molar-refractivity contribution < 1.29 is 9.53 Å². The SMILES string of the molecule is CCNC1CCC(Oc2ncnc3sc(CCCCC(N)=O)cc23)CC1. The summed E-state index contributed by atoms with van der Waals surface area (Å²) in [5, 5.41) is 4.54. The third kappa shape index (κ3) is 5.14. The number of carbonyl (C=O) groups excluding carboxylic acids is 1. The Labute approximate surface area is 158 Å². The van der Waals surface area contributed by atoms with Crippen molar-refractivity contribution in [2.24, 2.45) is 5.73 Å². The Morgan fingerprint density at radius 2 is 2.12 bits per heavy atom. The van der Waals surface area contributed by atoms with E-state index in [0.29, 0.717) is 18.3 Å². The van der Waals surface area contributed by atoms with E-state index in [0.717, 1.165) is 61.7 Å². The number of amides is 1. The van der Waals surface area contributed by atoms with Gasteiger partial charge in [0, 0.05) is 17.3 Å². The minimum Gasteiger partial charge on any atom is -0.474 e. The van der Waals surface area contributed by atoms with Gasteiger partial charge in [-0.25, -0.2) is 9.97 Å². The van der Waals surface area contributed by atoms with Gasteiger partial charge in [-0.1, -0.05) is 6.92 Å². The van der Waals surface area contributed by atoms with E-state index < -0.39 is 0 Å². The third-order valence-electron chi connectivity index (χ3n) is 4.89. The Morgan fingerprint density at radius 1 is 1.31 bits per heavy atom. The van der Waals surface area contributed by atoms with Gasteiger partial charge in [0.15, 0.2) is 0 Å². The molecule has 3 rings (SSSR count). The number of aromatic nitrogens is 2. The van der Waals surface area contributed by atoms with Crippen LogP contribution in [0.15, 0.2) is 12.4 Å². The molecule has 26 heavy (non-hydrogen) atoms. The predicted octanol–water partition coefficient (Wildman–Crippen LogP) is 3.19. The summed E-state index contributed by atoms with van der Waals surface area (Å²) in [6, 6.07) is 2.77. The van der Waals surface area contributed by atoms with Crippen molar-refractivity contribution in [2.45, 2.75) is 70.4 Å². The van der Waals surface area contributed by atoms with Crippen LogP contribution in [0.2, 0.25) is 0 Å². The fraction of sp³-hybridized carbons (Fsp3) is 0.632. The zero-order valence-electron chi connectivity index (χ0n) is 15.4. The lowest BCUT2D eigenvalue weighted by atomic mass is 9.93. The molecule has 1 saturated carbocycles. The molecule has 3 N–H and O–H groups in total. The Morgan fingerprint density at radius 3 is 2.85 bits per heavy atom. The van der Waals surface area contributed by atoms with Crippen LogP contribution in [0.25, 0.3) is 10.2 Å². The molecule has 0 spiro atoms. The first-order valence-electron chi connectivity index (χ1n) is 9.57. The molecule has 0 unspecified atom stereocenters. The number of unbranched alkanes of at least 4 members (excludes halogenated alkanes) is 1. The van der Waals surface area contributed by atoms with E-state index in [9.17, 15) is 4.79 Å². The van der Waals surface area contributed by atoms with Crippen LogP contribution in [0.5, 0.6) is 5.88 Å². The van der Waals surface area contributed by atoms with Gasteiger partial charge in [0.25, 0.3) is 0 Å². The molecule has 1 amide bonds. The normalized spacial score (nSPS) is 20.3. The lowest BCUT2D eigenvalue weighted by Crippen LogP contribution is -2.36. The summed E-state index contributed by atoms with van der Waals surface area (Å²) in [6.45, 7) is 3.18. The average molecular weight is 377 g/mol. The van der Waals surface area contributed by atoms with E-state index in [-0.39, 0.29) is 12.0 Å². The number of nitrogens with two attached hydrogens (primary N) is 1. The van der Waals surface area contributed by atoms with Crippen LogP contribution in [0.3, 0.4) is 0 Å². The van der Waals surface area contributed by atoms with Crippen molar-refractivity contribution >= 4 is 27.5 Å². The first kappa shape index (κ1) is 19.0. The minimum atomic E-state index is -0.230. The fourth-order valence-corrected chi connectivity index (χ4v) is 4.56. The molecule has 0 radical (unpaired) electrons. The minimum absolute atomic E-state index is 0.230. The van der Waals surface area contributed by atoms with Gasteiger partial charge in [0.05, 0.1) is 5.39 Å². The highest BCUT2D eigenvalue weighted by Crippen LogP contribution is 2.32. The van der Waals surface area contributed by atoms with Crippen LogP contribution in [0.4, 0.5) is 0 Å². The van der Waals surface area contributed by atoms with Crippen molar-refractivity contribution in [1.29, 1.82) is 0 Å². The van der Waals surface area contributed by atoms with Gasteiger partial charge in [-0.2, -0.15) is 0 Å². The maximum Gasteiger partial charge on any atom is 0.225 e. The molecular formula is C19H28N4O2S. The lowest BCUT2D eigenvalue weighted by Gasteiger charge is -2.29. The molecule has 2 aromatic heterocycles. The molecule has 1 aliphatic carbocycles. The Kier molecular flexibility index (Phi) is 6.80. The molecule has 2 aromatic rings. The lowest BCUT2D eigenvalue weighted by molar-refractivity contribution is -0.118. The highest BCUT2D eigenvalue weighted by Gasteiger charge is 2.23. The number of aryl methyl sites for hydroxylation is 1. The molecule has 142 valence electrons. The number of hydrogen-bond acceptors (Lipinski definition) is 6. The molecule has 0 saturated heterocycles. The summed E-state index contributed by atoms with van der Waals surface area (Å²) in [7, 11) is 0. The van der Waals surface area contributed by atoms with E-state index in [4.69, 9.17) is 10.5 Å². The van der Waals surface area contributed by atoms with Crippen LogP contribution in [-0.4, -0.2) is 34.6 Å². The molecule has 0 bridgehead atoms. The number of ether oxygens (including phenoxy) is 1. The number of rotatable bonds is 9. The van der Waals surface area contributed by atoms with Crippen LogP contribution in [0, 0.1) is 0 Å². The summed E-state index contributed by atoms with van der Waals surface area (Å²) in [4.78, 5) is 21.8. The molecule has 2 heterocycles. The van der Waals surface area contributed by atoms with Gasteiger partial charge in [-0.15, -0.1) is 11.3 Å². The highest BCUT2D eigenvalue weighted by molar-refractivity contribution is 7.18. The van der Waals surface area contributed by atoms with Crippen molar-refractivity contribution in [1.82, 2.24) is 15.3 Å². The Bertz CT molecular complexity index is 725. The summed E-state index contributed by atoms with van der Waals surface area (Å²) in [5.74, 6) is 0.480. The van der Waals surface area contributed by atoms with E-state index >= 15 is 0 Å². The van der Waals surface area contributed by atoms with Crippen LogP contribution in [-0.2, 0) is 11.2 Å². The summed E-state index contributed by atoms with van der Waals surface area (Å²) in [6.07, 6.45) is 9.43. The van der Waals surface area contributed by atoms with Crippen molar-refractivity contribution in [3.05, 3.63) is 17.3 Å². The highest BCUT2D eigenvalue weighted by atomic mass is 32.1. The van der Waals surface area contributed by atoms with Crippen molar-refractivity contribution in [3.8, 4) is 5.88 Å². The molecule has 0 aliphatic heterocycles. The maximum atomic E-state index is 10.8. The third-order valence-corrected chi connectivity index (χ3v) is 5.99. The Balaban J connectivity index is 1.59. The van der Waals surface area contributed by atoms with E-state index in [1.807, 2.05) is 0 Å². The molecule has 6 nitrogen and oxygen atoms in total. The van der Waals surface area contributed by atoms with Gasteiger partial charge >= 0.3 is 0 Å². The van der Waals surface area contributed by atoms with Gasteiger partial charge in [-0.3, -0.25) is 4.79 Å². The first-order chi connectivity index (χ1) is 12.7. The topological polar surface area (TPSA) is 90.1 Å². The van der Waals surface area contributed by atoms with Crippen molar-refractivity contribution in [3.63, 3.8) is 0 Å². The zero-order chi connectivity index (χ0) is 18.4. The Hall–Kier alpha value is -1.73. The molecule has 1 fully saturated rings. The number of nitrogens with one attached hydrogen (secondary N) is 1. The van der Waals surface area contributed by atoms with Crippen LogP contribution in [0.1, 0.15) is 56.7 Å². The second kappa shape index (κ2) is 9.28. The number of hydrogen-bond donors (Lipinski definition) is 2. The fourth-order valence-electron chi connectivity index (χ4n) is 3.53.